The van der Waals surface area contributed by atoms with E-state index in [-0.39, 0.29) is 24.4 Å². The second-order valence-corrected chi connectivity index (χ2v) is 12.0. The summed E-state index contributed by atoms with van der Waals surface area (Å²) >= 11 is 0. The lowest BCUT2D eigenvalue weighted by Crippen LogP contribution is -2.19. The van der Waals surface area contributed by atoms with Crippen molar-refractivity contribution >= 4 is 13.8 Å². The molecule has 0 radical (unpaired) electrons. The van der Waals surface area contributed by atoms with Crippen LogP contribution in [0.1, 0.15) is 85.0 Å². The van der Waals surface area contributed by atoms with Crippen LogP contribution in [0.3, 0.4) is 0 Å². The quantitative estimate of drug-likeness (QED) is 0.137. The van der Waals surface area contributed by atoms with E-state index in [0.29, 0.717) is 6.42 Å². The molecule has 3 atom stereocenters. The Bertz CT molecular complexity index is 1100. The third-order valence-corrected chi connectivity index (χ3v) is 7.48. The number of cyclic esters (lactones) is 1. The van der Waals surface area contributed by atoms with Crippen molar-refractivity contribution in [2.24, 2.45) is 5.92 Å². The van der Waals surface area contributed by atoms with E-state index < -0.39 is 13.9 Å². The summed E-state index contributed by atoms with van der Waals surface area (Å²) in [7, 11) is -4.62. The minimum absolute atomic E-state index is 0.170. The molecule has 0 saturated carbocycles. The van der Waals surface area contributed by atoms with Crippen molar-refractivity contribution in [1.29, 1.82) is 0 Å². The second-order valence-electron chi connectivity index (χ2n) is 10.8. The highest BCUT2D eigenvalue weighted by atomic mass is 31.2. The lowest BCUT2D eigenvalue weighted by Gasteiger charge is -2.19. The molecule has 1 heterocycles. The van der Waals surface area contributed by atoms with Crippen LogP contribution in [0, 0.1) is 5.92 Å². The largest absolute Gasteiger partial charge is 0.470 e. The monoisotopic (exact) mass is 598 g/mol. The normalized spacial score (nSPS) is 27.2. The van der Waals surface area contributed by atoms with Crippen LogP contribution in [0.15, 0.2) is 109 Å². The van der Waals surface area contributed by atoms with Crippen LogP contribution in [0.2, 0.25) is 0 Å². The summed E-state index contributed by atoms with van der Waals surface area (Å²) in [4.78, 5) is 31.6. The first-order valence-corrected chi connectivity index (χ1v) is 16.4. The minimum Gasteiger partial charge on any atom is -0.462 e. The van der Waals surface area contributed by atoms with Gasteiger partial charge in [0.25, 0.3) is 0 Å². The lowest BCUT2D eigenvalue weighted by atomic mass is 9.96. The maximum Gasteiger partial charge on any atom is 0.470 e. The molecule has 0 aromatic heterocycles. The van der Waals surface area contributed by atoms with E-state index in [9.17, 15) is 19.1 Å². The van der Waals surface area contributed by atoms with E-state index in [1.165, 1.54) is 5.57 Å². The van der Waals surface area contributed by atoms with Crippen molar-refractivity contribution in [3.8, 4) is 0 Å². The highest BCUT2D eigenvalue weighted by Crippen LogP contribution is 2.40. The predicted octanol–water partition coefficient (Wildman–Crippen LogP) is 9.34. The van der Waals surface area contributed by atoms with Crippen LogP contribution < -0.4 is 0 Å². The van der Waals surface area contributed by atoms with E-state index in [4.69, 9.17) is 9.26 Å². The van der Waals surface area contributed by atoms with Gasteiger partial charge in [0.15, 0.2) is 0 Å². The van der Waals surface area contributed by atoms with Crippen molar-refractivity contribution in [3.63, 3.8) is 0 Å². The van der Waals surface area contributed by atoms with Gasteiger partial charge in [-0.25, -0.2) is 4.57 Å². The minimum atomic E-state index is -4.62. The first kappa shape index (κ1) is 37.3. The molecular formula is C35H51O6P. The first-order valence-electron chi connectivity index (χ1n) is 14.9. The predicted molar refractivity (Wildman–Crippen MR) is 175 cm³/mol. The molecule has 0 saturated heterocycles. The molecule has 0 spiro atoms. The van der Waals surface area contributed by atoms with Crippen LogP contribution in [0.4, 0.5) is 0 Å². The molecule has 0 aliphatic carbocycles. The summed E-state index contributed by atoms with van der Waals surface area (Å²) in [5, 5.41) is 0. The molecule has 1 aliphatic heterocycles. The molecule has 232 valence electrons. The van der Waals surface area contributed by atoms with E-state index in [2.05, 4.69) is 26.2 Å². The van der Waals surface area contributed by atoms with Gasteiger partial charge >= 0.3 is 13.8 Å². The number of allylic oxidation sites excluding steroid dienone is 14. The molecule has 3 unspecified atom stereocenters. The molecular weight excluding hydrogens is 547 g/mol. The fraction of sp³-hybridized carbons (Fsp3) is 0.457. The van der Waals surface area contributed by atoms with Gasteiger partial charge in [0.2, 0.25) is 0 Å². The maximum absolute atomic E-state index is 12.8. The van der Waals surface area contributed by atoms with Crippen LogP contribution in [0.5, 0.6) is 0 Å². The van der Waals surface area contributed by atoms with Gasteiger partial charge in [-0.2, -0.15) is 0 Å². The molecule has 0 bridgehead atoms. The van der Waals surface area contributed by atoms with Crippen molar-refractivity contribution in [2.75, 3.05) is 0 Å². The summed E-state index contributed by atoms with van der Waals surface area (Å²) in [5.41, 5.74) is 2.81. The third kappa shape index (κ3) is 19.4. The van der Waals surface area contributed by atoms with Crippen LogP contribution in [-0.4, -0.2) is 28.0 Å². The SMILES string of the molecule is C=C/C=C(\C)CCC1CCC/C=C\C=C(C)C(OP(=O)(O)O)CCC\C=C/C=C\C=C\C=C\CC(C)C(=C)CC(=O)O1. The Hall–Kier alpha value is -2.76. The number of rotatable bonds is 6. The number of esters is 1. The third-order valence-electron chi connectivity index (χ3n) is 6.95. The zero-order chi connectivity index (χ0) is 31.2. The Morgan fingerprint density at radius 1 is 1.05 bits per heavy atom. The Balaban J connectivity index is 3.02. The summed E-state index contributed by atoms with van der Waals surface area (Å²) in [6.45, 7) is 13.8. The van der Waals surface area contributed by atoms with E-state index in [1.807, 2.05) is 80.7 Å². The van der Waals surface area contributed by atoms with Crippen LogP contribution in [-0.2, 0) is 18.6 Å². The zero-order valence-corrected chi connectivity index (χ0v) is 26.6. The van der Waals surface area contributed by atoms with Crippen molar-refractivity contribution < 1.29 is 28.4 Å². The number of hydrogen-bond acceptors (Lipinski definition) is 4. The summed E-state index contributed by atoms with van der Waals surface area (Å²) in [5.74, 6) is -0.0697. The molecule has 1 rings (SSSR count). The molecule has 0 fully saturated rings. The smallest absolute Gasteiger partial charge is 0.462 e. The highest BCUT2D eigenvalue weighted by molar-refractivity contribution is 7.46. The van der Waals surface area contributed by atoms with Gasteiger partial charge in [-0.15, -0.1) is 0 Å². The number of phosphoric acid groups is 1. The summed E-state index contributed by atoms with van der Waals surface area (Å²) in [6.07, 6.45) is 31.4. The van der Waals surface area contributed by atoms with Gasteiger partial charge in [-0.05, 0) is 83.1 Å². The van der Waals surface area contributed by atoms with Crippen molar-refractivity contribution in [3.05, 3.63) is 109 Å². The number of hydrogen-bond donors (Lipinski definition) is 2. The fourth-order valence-electron chi connectivity index (χ4n) is 4.32. The molecule has 7 heteroatoms. The van der Waals surface area contributed by atoms with Gasteiger partial charge in [0.05, 0.1) is 12.5 Å². The average molecular weight is 599 g/mol. The second kappa shape index (κ2) is 21.9. The molecule has 6 nitrogen and oxygen atoms in total. The Morgan fingerprint density at radius 2 is 1.67 bits per heavy atom. The summed E-state index contributed by atoms with van der Waals surface area (Å²) in [6, 6.07) is 0. The number of carbonyl (C=O) groups excluding carboxylic acids is 1. The van der Waals surface area contributed by atoms with E-state index in [1.54, 1.807) is 6.08 Å². The number of phosphoric ester groups is 1. The van der Waals surface area contributed by atoms with Gasteiger partial charge in [0.1, 0.15) is 6.10 Å². The van der Waals surface area contributed by atoms with Gasteiger partial charge in [-0.1, -0.05) is 110 Å². The van der Waals surface area contributed by atoms with Gasteiger partial charge in [-0.3, -0.25) is 9.32 Å². The number of carbonyl (C=O) groups is 1. The Kier molecular flexibility index (Phi) is 19.4. The standard InChI is InChI=1S/C35H51O6P/c1-6-21-29(2)26-27-33-24-19-16-15-18-23-31(4)34(41-42(37,38)39)25-20-14-12-10-8-7-9-11-13-17-22-30(3)32(5)28-35(36)40-33/h6-13,15,17-18,21,23,30,33-34H,1,5,14,16,19-20,22,24-28H2,2-4H3,(H2,37,38,39)/b8-7-,11-9+,12-10-,17-13+,18-15-,29-21+,31-23?. The van der Waals surface area contributed by atoms with Crippen LogP contribution >= 0.6 is 7.82 Å². The molecule has 2 N–H and O–H groups in total. The molecule has 0 aromatic rings. The van der Waals surface area contributed by atoms with E-state index >= 15 is 0 Å². The molecule has 0 aromatic carbocycles. The Labute approximate surface area is 253 Å². The summed E-state index contributed by atoms with van der Waals surface area (Å²) < 4.78 is 22.5. The van der Waals surface area contributed by atoms with Gasteiger partial charge in [0, 0.05) is 0 Å². The van der Waals surface area contributed by atoms with Crippen molar-refractivity contribution in [1.82, 2.24) is 0 Å². The fourth-order valence-corrected chi connectivity index (χ4v) is 4.92. The zero-order valence-electron chi connectivity index (χ0n) is 25.7. The van der Waals surface area contributed by atoms with Gasteiger partial charge < -0.3 is 14.5 Å². The molecule has 0 amide bonds. The topological polar surface area (TPSA) is 93.1 Å². The first-order chi connectivity index (χ1) is 20.0. The Morgan fingerprint density at radius 3 is 2.33 bits per heavy atom. The van der Waals surface area contributed by atoms with Crippen molar-refractivity contribution in [2.45, 2.75) is 97.2 Å². The highest BCUT2D eigenvalue weighted by Gasteiger charge is 2.23. The molecule has 1 aliphatic rings. The van der Waals surface area contributed by atoms with Crippen LogP contribution in [0.25, 0.3) is 0 Å². The molecule has 42 heavy (non-hydrogen) atoms. The van der Waals surface area contributed by atoms with E-state index in [0.717, 1.165) is 62.5 Å². The maximum atomic E-state index is 12.8. The average Bonchev–Trinajstić information content (AvgIpc) is 2.91. The number of ether oxygens (including phenoxy) is 1. The lowest BCUT2D eigenvalue weighted by molar-refractivity contribution is -0.149.